The van der Waals surface area contributed by atoms with Crippen LogP contribution in [0.15, 0.2) is 24.3 Å². The van der Waals surface area contributed by atoms with Crippen molar-refractivity contribution in [2.45, 2.75) is 63.2 Å². The van der Waals surface area contributed by atoms with E-state index in [1.807, 2.05) is 0 Å². The second kappa shape index (κ2) is 9.39. The van der Waals surface area contributed by atoms with E-state index in [9.17, 15) is 13.2 Å². The van der Waals surface area contributed by atoms with E-state index in [-0.39, 0.29) is 17.6 Å². The number of sulfonamides is 1. The Morgan fingerprint density at radius 2 is 1.67 bits per heavy atom. The summed E-state index contributed by atoms with van der Waals surface area (Å²) < 4.78 is 26.9. The van der Waals surface area contributed by atoms with Crippen molar-refractivity contribution in [1.82, 2.24) is 9.62 Å². The van der Waals surface area contributed by atoms with Gasteiger partial charge in [0.15, 0.2) is 0 Å². The lowest BCUT2D eigenvalue weighted by Gasteiger charge is -2.31. The zero-order valence-electron chi connectivity index (χ0n) is 15.7. The molecular weight excluding hydrogens is 384 g/mol. The van der Waals surface area contributed by atoms with Gasteiger partial charge in [-0.1, -0.05) is 55.5 Å². The van der Waals surface area contributed by atoms with Crippen LogP contribution in [0.4, 0.5) is 0 Å². The summed E-state index contributed by atoms with van der Waals surface area (Å²) in [7, 11) is -3.42. The standard InChI is InChI=1S/C20H29ClN2O3S/c21-19-10-6-5-7-17(19)15-27(25,26)23-13-11-16(12-14-23)20(24)22-18-8-3-1-2-4-9-18/h5-7,10,16,18H,1-4,8-9,11-15H2,(H,22,24). The van der Waals surface area contributed by atoms with Crippen LogP contribution in [0.3, 0.4) is 0 Å². The molecule has 3 rings (SSSR count). The summed E-state index contributed by atoms with van der Waals surface area (Å²) in [4.78, 5) is 12.6. The fourth-order valence-electron chi connectivity index (χ4n) is 4.04. The first-order valence-electron chi connectivity index (χ1n) is 9.97. The Bertz CT molecular complexity index is 737. The number of hydrogen-bond donors (Lipinski definition) is 1. The van der Waals surface area contributed by atoms with E-state index in [2.05, 4.69) is 5.32 Å². The van der Waals surface area contributed by atoms with Gasteiger partial charge in [-0.25, -0.2) is 12.7 Å². The molecule has 0 radical (unpaired) electrons. The highest BCUT2D eigenvalue weighted by Crippen LogP contribution is 2.25. The van der Waals surface area contributed by atoms with E-state index in [1.165, 1.54) is 30.0 Å². The van der Waals surface area contributed by atoms with Crippen molar-refractivity contribution in [3.8, 4) is 0 Å². The summed E-state index contributed by atoms with van der Waals surface area (Å²) in [6.07, 6.45) is 8.18. The van der Waals surface area contributed by atoms with Crippen molar-refractivity contribution < 1.29 is 13.2 Å². The van der Waals surface area contributed by atoms with E-state index in [0.717, 1.165) is 12.8 Å². The summed E-state index contributed by atoms with van der Waals surface area (Å²) in [5.74, 6) is -0.0731. The Morgan fingerprint density at radius 3 is 2.30 bits per heavy atom. The van der Waals surface area contributed by atoms with Gasteiger partial charge in [-0.05, 0) is 37.3 Å². The van der Waals surface area contributed by atoms with Crippen molar-refractivity contribution >= 4 is 27.5 Å². The molecule has 0 aromatic heterocycles. The Kier molecular flexibility index (Phi) is 7.17. The van der Waals surface area contributed by atoms with Gasteiger partial charge in [0.1, 0.15) is 0 Å². The van der Waals surface area contributed by atoms with Crippen LogP contribution in [-0.4, -0.2) is 37.8 Å². The molecule has 27 heavy (non-hydrogen) atoms. The second-order valence-electron chi connectivity index (χ2n) is 7.72. The maximum absolute atomic E-state index is 12.7. The van der Waals surface area contributed by atoms with E-state index in [0.29, 0.717) is 42.6 Å². The molecule has 2 fully saturated rings. The van der Waals surface area contributed by atoms with Crippen LogP contribution >= 0.6 is 11.6 Å². The van der Waals surface area contributed by atoms with Gasteiger partial charge in [-0.2, -0.15) is 0 Å². The first kappa shape index (κ1) is 20.6. The quantitative estimate of drug-likeness (QED) is 0.749. The number of benzene rings is 1. The summed E-state index contributed by atoms with van der Waals surface area (Å²) in [5.41, 5.74) is 0.618. The van der Waals surface area contributed by atoms with Crippen LogP contribution in [0, 0.1) is 5.92 Å². The lowest BCUT2D eigenvalue weighted by molar-refractivity contribution is -0.126. The zero-order chi connectivity index (χ0) is 19.3. The van der Waals surface area contributed by atoms with Gasteiger partial charge in [0.2, 0.25) is 15.9 Å². The van der Waals surface area contributed by atoms with Crippen molar-refractivity contribution in [1.29, 1.82) is 0 Å². The molecule has 0 bridgehead atoms. The summed E-state index contributed by atoms with van der Waals surface area (Å²) >= 11 is 6.10. The highest BCUT2D eigenvalue weighted by Gasteiger charge is 2.32. The average molecular weight is 413 g/mol. The molecule has 1 saturated carbocycles. The molecule has 7 heteroatoms. The molecule has 150 valence electrons. The molecule has 1 aromatic rings. The van der Waals surface area contributed by atoms with Crippen LogP contribution in [-0.2, 0) is 20.6 Å². The van der Waals surface area contributed by atoms with Gasteiger partial charge >= 0.3 is 0 Å². The van der Waals surface area contributed by atoms with Gasteiger partial charge in [0.25, 0.3) is 0 Å². The molecular formula is C20H29ClN2O3S. The van der Waals surface area contributed by atoms with Gasteiger partial charge in [-0.3, -0.25) is 4.79 Å². The highest BCUT2D eigenvalue weighted by atomic mass is 35.5. The van der Waals surface area contributed by atoms with Gasteiger partial charge in [-0.15, -0.1) is 0 Å². The number of hydrogen-bond acceptors (Lipinski definition) is 3. The van der Waals surface area contributed by atoms with Gasteiger partial charge < -0.3 is 5.32 Å². The molecule has 1 saturated heterocycles. The average Bonchev–Trinajstić information content (AvgIpc) is 2.92. The minimum atomic E-state index is -3.42. The van der Waals surface area contributed by atoms with E-state index < -0.39 is 10.0 Å². The molecule has 2 aliphatic rings. The number of carbonyl (C=O) groups is 1. The monoisotopic (exact) mass is 412 g/mol. The third-order valence-corrected chi connectivity index (χ3v) is 7.91. The molecule has 1 amide bonds. The van der Waals surface area contributed by atoms with Crippen molar-refractivity contribution in [3.05, 3.63) is 34.9 Å². The molecule has 0 spiro atoms. The van der Waals surface area contributed by atoms with Crippen LogP contribution in [0.2, 0.25) is 5.02 Å². The molecule has 1 aliphatic heterocycles. The number of rotatable bonds is 5. The summed E-state index contributed by atoms with van der Waals surface area (Å²) in [5, 5.41) is 3.68. The fourth-order valence-corrected chi connectivity index (χ4v) is 5.92. The predicted molar refractivity (Wildman–Crippen MR) is 108 cm³/mol. The number of carbonyl (C=O) groups excluding carboxylic acids is 1. The normalized spacial score (nSPS) is 20.9. The number of halogens is 1. The van der Waals surface area contributed by atoms with Crippen molar-refractivity contribution in [3.63, 3.8) is 0 Å². The number of nitrogens with one attached hydrogen (secondary N) is 1. The minimum absolute atomic E-state index is 0.0833. The minimum Gasteiger partial charge on any atom is -0.353 e. The smallest absolute Gasteiger partial charge is 0.223 e. The van der Waals surface area contributed by atoms with Crippen LogP contribution < -0.4 is 5.32 Å². The number of amides is 1. The molecule has 0 unspecified atom stereocenters. The Hall–Kier alpha value is -1.11. The van der Waals surface area contributed by atoms with Crippen LogP contribution in [0.1, 0.15) is 56.9 Å². The molecule has 5 nitrogen and oxygen atoms in total. The SMILES string of the molecule is O=C(NC1CCCCCC1)C1CCN(S(=O)(=O)Cc2ccccc2Cl)CC1. The summed E-state index contributed by atoms with van der Waals surface area (Å²) in [6, 6.07) is 7.32. The first-order chi connectivity index (χ1) is 13.0. The molecule has 0 atom stereocenters. The Morgan fingerprint density at radius 1 is 1.04 bits per heavy atom. The zero-order valence-corrected chi connectivity index (χ0v) is 17.3. The van der Waals surface area contributed by atoms with E-state index in [4.69, 9.17) is 11.6 Å². The van der Waals surface area contributed by atoms with Crippen molar-refractivity contribution in [2.75, 3.05) is 13.1 Å². The maximum atomic E-state index is 12.7. The van der Waals surface area contributed by atoms with Crippen LogP contribution in [0.25, 0.3) is 0 Å². The molecule has 1 heterocycles. The third-order valence-electron chi connectivity index (χ3n) is 5.72. The van der Waals surface area contributed by atoms with Gasteiger partial charge in [0, 0.05) is 30.1 Å². The Balaban J connectivity index is 1.51. The van der Waals surface area contributed by atoms with Gasteiger partial charge in [0.05, 0.1) is 5.75 Å². The molecule has 1 N–H and O–H groups in total. The Labute approximate surface area is 167 Å². The van der Waals surface area contributed by atoms with Crippen molar-refractivity contribution in [2.24, 2.45) is 5.92 Å². The van der Waals surface area contributed by atoms with E-state index >= 15 is 0 Å². The lowest BCUT2D eigenvalue weighted by atomic mass is 9.96. The first-order valence-corrected chi connectivity index (χ1v) is 12.0. The largest absolute Gasteiger partial charge is 0.353 e. The predicted octanol–water partition coefficient (Wildman–Crippen LogP) is 3.72. The van der Waals surface area contributed by atoms with E-state index in [1.54, 1.807) is 24.3 Å². The number of piperidine rings is 1. The third kappa shape index (κ3) is 5.69. The second-order valence-corrected chi connectivity index (χ2v) is 10.1. The molecule has 1 aromatic carbocycles. The lowest BCUT2D eigenvalue weighted by Crippen LogP contribution is -2.45. The van der Waals surface area contributed by atoms with Crippen LogP contribution in [0.5, 0.6) is 0 Å². The molecule has 1 aliphatic carbocycles. The maximum Gasteiger partial charge on any atom is 0.223 e. The summed E-state index contributed by atoms with van der Waals surface area (Å²) in [6.45, 7) is 0.797. The number of nitrogens with zero attached hydrogens (tertiary/aromatic N) is 1. The fraction of sp³-hybridized carbons (Fsp3) is 0.650. The highest BCUT2D eigenvalue weighted by molar-refractivity contribution is 7.88. The topological polar surface area (TPSA) is 66.5 Å².